The van der Waals surface area contributed by atoms with E-state index in [9.17, 15) is 13.2 Å². The van der Waals surface area contributed by atoms with Gasteiger partial charge in [0.25, 0.3) is 0 Å². The number of benzene rings is 2. The van der Waals surface area contributed by atoms with Gasteiger partial charge in [-0.2, -0.15) is 13.2 Å². The molecule has 1 fully saturated rings. The molecular weight excluding hydrogens is 365 g/mol. The lowest BCUT2D eigenvalue weighted by atomic mass is 10.1. The zero-order valence-corrected chi connectivity index (χ0v) is 14.5. The van der Waals surface area contributed by atoms with Gasteiger partial charge in [-0.15, -0.1) is 0 Å². The third kappa shape index (κ3) is 3.24. The highest BCUT2D eigenvalue weighted by Crippen LogP contribution is 2.40. The fraction of sp³-hybridized carbons (Fsp3) is 0.278. The van der Waals surface area contributed by atoms with Gasteiger partial charge >= 0.3 is 6.18 Å². The smallest absolute Gasteiger partial charge is 0.368 e. The molecule has 26 heavy (non-hydrogen) atoms. The van der Waals surface area contributed by atoms with Gasteiger partial charge in [0, 0.05) is 48.7 Å². The van der Waals surface area contributed by atoms with E-state index in [4.69, 9.17) is 11.6 Å². The predicted octanol–water partition coefficient (Wildman–Crippen LogP) is 4.58. The number of piperazine rings is 1. The number of aliphatic imine (C=N–C) groups is 1. The van der Waals surface area contributed by atoms with E-state index in [1.54, 1.807) is 12.3 Å². The van der Waals surface area contributed by atoms with Crippen molar-refractivity contribution in [2.24, 2.45) is 4.99 Å². The van der Waals surface area contributed by atoms with Gasteiger partial charge in [0.2, 0.25) is 0 Å². The van der Waals surface area contributed by atoms with Gasteiger partial charge in [-0.3, -0.25) is 4.99 Å². The van der Waals surface area contributed by atoms with Crippen LogP contribution < -0.4 is 15.5 Å². The maximum absolute atomic E-state index is 13.0. The number of rotatable bonds is 1. The van der Waals surface area contributed by atoms with Gasteiger partial charge in [0.05, 0.1) is 22.6 Å². The highest BCUT2D eigenvalue weighted by molar-refractivity contribution is 6.31. The number of halogens is 4. The van der Waals surface area contributed by atoms with Crippen LogP contribution in [0.25, 0.3) is 0 Å². The topological polar surface area (TPSA) is 39.7 Å². The van der Waals surface area contributed by atoms with Gasteiger partial charge < -0.3 is 15.5 Å². The summed E-state index contributed by atoms with van der Waals surface area (Å²) in [6, 6.07) is 7.14. The largest absolute Gasteiger partial charge is 0.416 e. The number of fused-ring (bicyclic) bond motifs is 2. The lowest BCUT2D eigenvalue weighted by Crippen LogP contribution is -2.43. The quantitative estimate of drug-likeness (QED) is 0.649. The lowest BCUT2D eigenvalue weighted by molar-refractivity contribution is -0.137. The molecule has 0 amide bonds. The van der Waals surface area contributed by atoms with Crippen molar-refractivity contribution in [3.63, 3.8) is 0 Å². The third-order valence-corrected chi connectivity index (χ3v) is 4.73. The highest BCUT2D eigenvalue weighted by atomic mass is 35.5. The molecule has 8 heteroatoms. The first-order valence-corrected chi connectivity index (χ1v) is 8.61. The van der Waals surface area contributed by atoms with Crippen LogP contribution in [-0.2, 0) is 6.18 Å². The van der Waals surface area contributed by atoms with Crippen LogP contribution in [0, 0.1) is 0 Å². The molecule has 0 aliphatic carbocycles. The van der Waals surface area contributed by atoms with Crippen LogP contribution in [0.5, 0.6) is 0 Å². The van der Waals surface area contributed by atoms with Gasteiger partial charge in [-0.1, -0.05) is 11.6 Å². The van der Waals surface area contributed by atoms with Crippen LogP contribution in [0.4, 0.5) is 35.9 Å². The van der Waals surface area contributed by atoms with Crippen molar-refractivity contribution in [1.82, 2.24) is 5.32 Å². The molecule has 0 radical (unpaired) electrons. The molecule has 0 bridgehead atoms. The molecule has 2 heterocycles. The molecule has 0 aromatic heterocycles. The first-order chi connectivity index (χ1) is 12.4. The van der Waals surface area contributed by atoms with Crippen LogP contribution in [0.1, 0.15) is 11.1 Å². The van der Waals surface area contributed by atoms with Crippen molar-refractivity contribution in [2.75, 3.05) is 36.4 Å². The number of anilines is 3. The minimum atomic E-state index is -4.40. The summed E-state index contributed by atoms with van der Waals surface area (Å²) >= 11 is 6.29. The van der Waals surface area contributed by atoms with Crippen LogP contribution in [0.3, 0.4) is 0 Å². The molecule has 2 aliphatic rings. The van der Waals surface area contributed by atoms with Gasteiger partial charge in [-0.25, -0.2) is 0 Å². The summed E-state index contributed by atoms with van der Waals surface area (Å²) in [6.45, 7) is 3.37. The number of nitrogens with zero attached hydrogens (tertiary/aromatic N) is 2. The zero-order valence-electron chi connectivity index (χ0n) is 13.7. The fourth-order valence-corrected chi connectivity index (χ4v) is 3.42. The Kier molecular flexibility index (Phi) is 4.28. The van der Waals surface area contributed by atoms with Crippen LogP contribution in [0.15, 0.2) is 35.3 Å². The summed E-state index contributed by atoms with van der Waals surface area (Å²) in [5.41, 5.74) is 2.52. The molecule has 136 valence electrons. The third-order valence-electron chi connectivity index (χ3n) is 4.51. The summed E-state index contributed by atoms with van der Waals surface area (Å²) < 4.78 is 38.9. The Balaban J connectivity index is 1.78. The Morgan fingerprint density at radius 3 is 2.54 bits per heavy atom. The van der Waals surface area contributed by atoms with E-state index in [0.717, 1.165) is 55.2 Å². The normalized spacial score (nSPS) is 16.5. The zero-order chi connectivity index (χ0) is 18.3. The van der Waals surface area contributed by atoms with Crippen molar-refractivity contribution >= 4 is 40.6 Å². The van der Waals surface area contributed by atoms with Crippen LogP contribution >= 0.6 is 11.6 Å². The van der Waals surface area contributed by atoms with Gasteiger partial charge in [-0.05, 0) is 30.3 Å². The molecule has 0 spiro atoms. The number of hydrogen-bond acceptors (Lipinski definition) is 4. The van der Waals surface area contributed by atoms with Gasteiger partial charge in [0.1, 0.15) is 0 Å². The summed E-state index contributed by atoms with van der Waals surface area (Å²) in [4.78, 5) is 6.51. The van der Waals surface area contributed by atoms with Crippen molar-refractivity contribution in [1.29, 1.82) is 0 Å². The summed E-state index contributed by atoms with van der Waals surface area (Å²) in [5.74, 6) is 0. The molecule has 2 N–H and O–H groups in total. The Hall–Kier alpha value is -2.25. The average molecular weight is 381 g/mol. The lowest BCUT2D eigenvalue weighted by Gasteiger charge is -2.31. The molecule has 2 aliphatic heterocycles. The molecular formula is C18H16ClF3N4. The molecule has 0 saturated carbocycles. The monoisotopic (exact) mass is 380 g/mol. The number of hydrogen-bond donors (Lipinski definition) is 2. The van der Waals surface area contributed by atoms with Crippen molar-refractivity contribution < 1.29 is 13.2 Å². The SMILES string of the molecule is FC(F)(F)c1ccc2c(c1)N=Cc1c(cc(Cl)cc1N1CCNCC1)N2. The van der Waals surface area contributed by atoms with E-state index in [1.807, 2.05) is 6.07 Å². The van der Waals surface area contributed by atoms with Crippen molar-refractivity contribution in [3.05, 3.63) is 46.5 Å². The maximum Gasteiger partial charge on any atom is 0.416 e. The highest BCUT2D eigenvalue weighted by Gasteiger charge is 2.31. The Morgan fingerprint density at radius 2 is 1.81 bits per heavy atom. The Bertz CT molecular complexity index is 873. The van der Waals surface area contributed by atoms with Crippen molar-refractivity contribution in [3.8, 4) is 0 Å². The van der Waals surface area contributed by atoms with Crippen LogP contribution in [-0.4, -0.2) is 32.4 Å². The van der Waals surface area contributed by atoms with E-state index < -0.39 is 11.7 Å². The minimum absolute atomic E-state index is 0.249. The van der Waals surface area contributed by atoms with E-state index in [1.165, 1.54) is 6.07 Å². The summed E-state index contributed by atoms with van der Waals surface area (Å²) in [7, 11) is 0. The minimum Gasteiger partial charge on any atom is -0.368 e. The maximum atomic E-state index is 13.0. The van der Waals surface area contributed by atoms with Gasteiger partial charge in [0.15, 0.2) is 0 Å². The van der Waals surface area contributed by atoms with Crippen LogP contribution in [0.2, 0.25) is 5.02 Å². The fourth-order valence-electron chi connectivity index (χ4n) is 3.21. The summed E-state index contributed by atoms with van der Waals surface area (Å²) in [5, 5.41) is 7.04. The Labute approximate surface area is 153 Å². The predicted molar refractivity (Wildman–Crippen MR) is 98.5 cm³/mol. The molecule has 4 nitrogen and oxygen atoms in total. The Morgan fingerprint density at radius 1 is 1.04 bits per heavy atom. The van der Waals surface area contributed by atoms with E-state index >= 15 is 0 Å². The van der Waals surface area contributed by atoms with E-state index in [2.05, 4.69) is 20.5 Å². The summed E-state index contributed by atoms with van der Waals surface area (Å²) in [6.07, 6.45) is -2.79. The number of alkyl halides is 3. The van der Waals surface area contributed by atoms with Crippen molar-refractivity contribution in [2.45, 2.75) is 6.18 Å². The first-order valence-electron chi connectivity index (χ1n) is 8.23. The van der Waals surface area contributed by atoms with E-state index in [-0.39, 0.29) is 5.69 Å². The molecule has 0 atom stereocenters. The number of nitrogens with one attached hydrogen (secondary N) is 2. The molecule has 1 saturated heterocycles. The second kappa shape index (κ2) is 6.48. The molecule has 2 aromatic carbocycles. The molecule has 4 rings (SSSR count). The first kappa shape index (κ1) is 17.2. The average Bonchev–Trinajstić information content (AvgIpc) is 2.79. The molecule has 2 aromatic rings. The standard InChI is InChI=1S/C18H16ClF3N4/c19-12-8-15-13(17(9-12)26-5-3-23-4-6-26)10-24-16-7-11(18(20,21)22)1-2-14(16)25-15/h1-2,7-10,23,25H,3-6H2. The molecule has 0 unspecified atom stereocenters. The second-order valence-electron chi connectivity index (χ2n) is 6.24. The van der Waals surface area contributed by atoms with E-state index in [0.29, 0.717) is 10.7 Å². The second-order valence-corrected chi connectivity index (χ2v) is 6.67.